The van der Waals surface area contributed by atoms with E-state index in [1.165, 1.54) is 0 Å². The lowest BCUT2D eigenvalue weighted by Gasteiger charge is -2.32. The molecule has 0 amide bonds. The summed E-state index contributed by atoms with van der Waals surface area (Å²) in [6.45, 7) is 16.4. The van der Waals surface area contributed by atoms with Gasteiger partial charge in [-0.1, -0.05) is 72.8 Å². The maximum absolute atomic E-state index is 7.01. The first-order valence-corrected chi connectivity index (χ1v) is 20.6. The van der Waals surface area contributed by atoms with Crippen molar-refractivity contribution >= 4 is 44.1 Å². The van der Waals surface area contributed by atoms with Crippen LogP contribution in [-0.2, 0) is 25.7 Å². The number of aromatic nitrogens is 8. The first-order valence-electron chi connectivity index (χ1n) is 20.6. The number of nitrogens with one attached hydrogen (secondary N) is 2. The molecular formula is C48H54N12. The molecule has 306 valence electrons. The molecule has 5 heterocycles. The third kappa shape index (κ3) is 7.45. The van der Waals surface area contributed by atoms with E-state index < -0.39 is 22.2 Å². The number of fused-ring (bicyclic) bond motifs is 20. The smallest absolute Gasteiger partial charge is 0.164 e. The Morgan fingerprint density at radius 2 is 0.633 bits per heavy atom. The molecule has 4 aromatic carbocycles. The Labute approximate surface area is 349 Å². The molecule has 3 aromatic heterocycles. The van der Waals surface area contributed by atoms with Crippen LogP contribution in [0.25, 0.3) is 89.7 Å². The van der Waals surface area contributed by atoms with Crippen molar-refractivity contribution in [2.24, 2.45) is 22.9 Å². The van der Waals surface area contributed by atoms with Crippen LogP contribution >= 0.6 is 0 Å². The van der Waals surface area contributed by atoms with Gasteiger partial charge in [0, 0.05) is 66.0 Å². The molecule has 9 rings (SSSR count). The Morgan fingerprint density at radius 3 is 0.950 bits per heavy atom. The highest BCUT2D eigenvalue weighted by molar-refractivity contribution is 6.10. The molecule has 0 fully saturated rings. The second-order valence-corrected chi connectivity index (χ2v) is 19.6. The maximum Gasteiger partial charge on any atom is 0.164 e. The number of aromatic amines is 2. The predicted octanol–water partition coefficient (Wildman–Crippen LogP) is 7.99. The molecule has 60 heavy (non-hydrogen) atoms. The first-order chi connectivity index (χ1) is 28.2. The molecule has 0 saturated carbocycles. The minimum atomic E-state index is -0.611. The average molecular weight is 799 g/mol. The molecule has 10 N–H and O–H groups in total. The number of hydrogen-bond donors (Lipinski definition) is 6. The summed E-state index contributed by atoms with van der Waals surface area (Å²) < 4.78 is 0. The standard InChI is InChI=1S/C48H54N12/c1-45(2,49)21-31-32(22-46(3,4)50)34(24-48(7,8)52)36-35(33(31)23-47(5,6)51)43-58-41-29-19-13-11-17-27(29)39(56-41)54-37-25-15-9-10-16-26(25)38(53-37)55-40-28-18-12-14-20-30(28)42(57-40)59-44(36)60-43/h9-20H,21-24,49-52H2,1-8H3,(H2,53,54,55,56,57,58,59,60). The molecule has 0 saturated heterocycles. The number of nitrogens with two attached hydrogens (primary N) is 4. The van der Waals surface area contributed by atoms with E-state index in [9.17, 15) is 0 Å². The van der Waals surface area contributed by atoms with E-state index in [1.807, 2.05) is 72.8 Å². The van der Waals surface area contributed by atoms with Gasteiger partial charge in [-0.25, -0.2) is 29.9 Å². The molecule has 2 aliphatic heterocycles. The normalized spacial score (nSPS) is 13.3. The molecule has 8 bridgehead atoms. The molecule has 12 nitrogen and oxygen atoms in total. The SMILES string of the molecule is CC(C)(N)Cc1c(CC(C)(C)N)c(CC(C)(C)N)c2c3nc4nc(nc5[nH]c(nc6nc(nc([nH]3)c2c1CC(C)(C)N)-c1ccccc1-6)c1ccccc51)-c1ccccc1-4. The van der Waals surface area contributed by atoms with Gasteiger partial charge in [-0.05, 0) is 103 Å². The van der Waals surface area contributed by atoms with Gasteiger partial charge in [0.15, 0.2) is 23.3 Å². The van der Waals surface area contributed by atoms with Crippen LogP contribution in [0.3, 0.4) is 0 Å². The summed E-state index contributed by atoms with van der Waals surface area (Å²) in [4.78, 5) is 38.8. The Morgan fingerprint density at radius 1 is 0.367 bits per heavy atom. The molecule has 0 radical (unpaired) electrons. The van der Waals surface area contributed by atoms with Gasteiger partial charge in [-0.3, -0.25) is 0 Å². The Kier molecular flexibility index (Phi) is 9.10. The Balaban J connectivity index is 1.56. The van der Waals surface area contributed by atoms with Crippen molar-refractivity contribution in [3.63, 3.8) is 0 Å². The summed E-state index contributed by atoms with van der Waals surface area (Å²) in [5.74, 6) is 2.14. The lowest BCUT2D eigenvalue weighted by Crippen LogP contribution is -2.41. The quantitative estimate of drug-likeness (QED) is 0.0872. The number of benzene rings is 4. The van der Waals surface area contributed by atoms with Gasteiger partial charge < -0.3 is 32.9 Å². The van der Waals surface area contributed by atoms with Crippen LogP contribution < -0.4 is 22.9 Å². The van der Waals surface area contributed by atoms with Gasteiger partial charge in [0.05, 0.1) is 0 Å². The molecule has 0 atom stereocenters. The van der Waals surface area contributed by atoms with Crippen molar-refractivity contribution in [3.05, 3.63) is 95.1 Å². The van der Waals surface area contributed by atoms with E-state index in [2.05, 4.69) is 65.4 Å². The van der Waals surface area contributed by atoms with Gasteiger partial charge in [-0.2, -0.15) is 0 Å². The molecule has 12 heteroatoms. The van der Waals surface area contributed by atoms with E-state index in [0.29, 0.717) is 71.6 Å². The lowest BCUT2D eigenvalue weighted by atomic mass is 9.76. The largest absolute Gasteiger partial charge is 0.325 e. The monoisotopic (exact) mass is 798 g/mol. The average Bonchev–Trinajstić information content (AvgIpc) is 3.88. The Bertz CT molecular complexity index is 2840. The molecular weight excluding hydrogens is 745 g/mol. The van der Waals surface area contributed by atoms with E-state index in [4.69, 9.17) is 52.8 Å². The van der Waals surface area contributed by atoms with E-state index in [0.717, 1.165) is 66.1 Å². The fraction of sp³-hybridized carbons (Fsp3) is 0.333. The highest BCUT2D eigenvalue weighted by Crippen LogP contribution is 2.43. The van der Waals surface area contributed by atoms with Gasteiger partial charge in [0.2, 0.25) is 0 Å². The summed E-state index contributed by atoms with van der Waals surface area (Å²) in [6, 6.07) is 24.2. The third-order valence-electron chi connectivity index (χ3n) is 11.0. The fourth-order valence-corrected chi connectivity index (χ4v) is 8.81. The summed E-state index contributed by atoms with van der Waals surface area (Å²) in [5, 5.41) is 3.64. The van der Waals surface area contributed by atoms with Crippen molar-refractivity contribution in [1.29, 1.82) is 0 Å². The summed E-state index contributed by atoms with van der Waals surface area (Å²) in [7, 11) is 0. The minimum absolute atomic E-state index is 0.525. The number of H-pyrrole nitrogens is 2. The van der Waals surface area contributed by atoms with Crippen LogP contribution in [0, 0.1) is 0 Å². The van der Waals surface area contributed by atoms with Crippen molar-refractivity contribution in [2.75, 3.05) is 0 Å². The van der Waals surface area contributed by atoms with Crippen LogP contribution in [0.1, 0.15) is 77.6 Å². The molecule has 0 spiro atoms. The highest BCUT2D eigenvalue weighted by atomic mass is 15.1. The topological polar surface area (TPSA) is 213 Å². The highest BCUT2D eigenvalue weighted by Gasteiger charge is 2.33. The van der Waals surface area contributed by atoms with E-state index in [-0.39, 0.29) is 0 Å². The van der Waals surface area contributed by atoms with Crippen molar-refractivity contribution in [1.82, 2.24) is 39.9 Å². The van der Waals surface area contributed by atoms with Crippen molar-refractivity contribution in [3.8, 4) is 45.6 Å². The Hall–Kier alpha value is -5.92. The molecule has 0 aliphatic carbocycles. The zero-order valence-corrected chi connectivity index (χ0v) is 35.7. The van der Waals surface area contributed by atoms with Crippen LogP contribution in [-0.4, -0.2) is 62.0 Å². The van der Waals surface area contributed by atoms with Crippen LogP contribution in [0.5, 0.6) is 0 Å². The van der Waals surface area contributed by atoms with Crippen LogP contribution in [0.2, 0.25) is 0 Å². The van der Waals surface area contributed by atoms with Gasteiger partial charge in [0.1, 0.15) is 22.6 Å². The first kappa shape index (κ1) is 39.5. The number of rotatable bonds is 8. The zero-order valence-electron chi connectivity index (χ0n) is 35.7. The second-order valence-electron chi connectivity index (χ2n) is 19.6. The lowest BCUT2D eigenvalue weighted by molar-refractivity contribution is 0.475. The number of hydrogen-bond acceptors (Lipinski definition) is 10. The van der Waals surface area contributed by atoms with Crippen molar-refractivity contribution < 1.29 is 0 Å². The van der Waals surface area contributed by atoms with E-state index >= 15 is 0 Å². The van der Waals surface area contributed by atoms with E-state index in [1.54, 1.807) is 0 Å². The van der Waals surface area contributed by atoms with Crippen LogP contribution in [0.4, 0.5) is 0 Å². The molecule has 0 unspecified atom stereocenters. The molecule has 7 aromatic rings. The maximum atomic E-state index is 7.01. The van der Waals surface area contributed by atoms with Crippen LogP contribution in [0.15, 0.2) is 72.8 Å². The van der Waals surface area contributed by atoms with Crippen molar-refractivity contribution in [2.45, 2.75) is 103 Å². The predicted molar refractivity (Wildman–Crippen MR) is 244 cm³/mol. The van der Waals surface area contributed by atoms with Gasteiger partial charge >= 0.3 is 0 Å². The minimum Gasteiger partial charge on any atom is -0.325 e. The van der Waals surface area contributed by atoms with Gasteiger partial charge in [0.25, 0.3) is 0 Å². The third-order valence-corrected chi connectivity index (χ3v) is 11.0. The second kappa shape index (κ2) is 13.8. The van der Waals surface area contributed by atoms with Gasteiger partial charge in [-0.15, -0.1) is 0 Å². The summed E-state index contributed by atoms with van der Waals surface area (Å²) >= 11 is 0. The molecule has 2 aliphatic rings. The number of nitrogens with zero attached hydrogens (tertiary/aromatic N) is 6. The fourth-order valence-electron chi connectivity index (χ4n) is 8.81. The summed E-state index contributed by atoms with van der Waals surface area (Å²) in [5.41, 5.74) is 35.9. The summed E-state index contributed by atoms with van der Waals surface area (Å²) in [6.07, 6.45) is 2.19. The zero-order chi connectivity index (χ0) is 42.5.